The summed E-state index contributed by atoms with van der Waals surface area (Å²) in [6, 6.07) is 22.1. The van der Waals surface area contributed by atoms with Gasteiger partial charge in [0.05, 0.1) is 18.1 Å². The maximum atomic E-state index is 13.1. The standard InChI is InChI=1S/C23H16N4O3/c28-23(25-17-10-8-16(9-11-17)22-14-24-15-30-22)20-13-19(21-7-4-12-29-21)26-27(20)18-5-2-1-3-6-18/h1-15H,(H,25,28). The molecular weight excluding hydrogens is 380 g/mol. The smallest absolute Gasteiger partial charge is 0.274 e. The Morgan fingerprint density at radius 3 is 2.43 bits per heavy atom. The summed E-state index contributed by atoms with van der Waals surface area (Å²) in [7, 11) is 0. The fourth-order valence-corrected chi connectivity index (χ4v) is 3.12. The second-order valence-electron chi connectivity index (χ2n) is 6.54. The number of rotatable bonds is 5. The van der Waals surface area contributed by atoms with Gasteiger partial charge in [-0.3, -0.25) is 4.79 Å². The van der Waals surface area contributed by atoms with Crippen LogP contribution in [-0.2, 0) is 0 Å². The molecular formula is C23H16N4O3. The summed E-state index contributed by atoms with van der Waals surface area (Å²) >= 11 is 0. The van der Waals surface area contributed by atoms with Crippen LogP contribution in [0.15, 0.2) is 100 Å². The first-order valence-electron chi connectivity index (χ1n) is 9.27. The van der Waals surface area contributed by atoms with E-state index in [0.717, 1.165) is 11.3 Å². The highest BCUT2D eigenvalue weighted by Gasteiger charge is 2.19. The van der Waals surface area contributed by atoms with Crippen molar-refractivity contribution >= 4 is 11.6 Å². The average molecular weight is 396 g/mol. The number of carbonyl (C=O) groups excluding carboxylic acids is 1. The lowest BCUT2D eigenvalue weighted by Gasteiger charge is -2.08. The van der Waals surface area contributed by atoms with Crippen LogP contribution < -0.4 is 5.32 Å². The van der Waals surface area contributed by atoms with Gasteiger partial charge in [-0.05, 0) is 48.5 Å². The van der Waals surface area contributed by atoms with Gasteiger partial charge in [-0.2, -0.15) is 5.10 Å². The minimum absolute atomic E-state index is 0.281. The molecule has 3 aromatic heterocycles. The normalized spacial score (nSPS) is 10.8. The van der Waals surface area contributed by atoms with E-state index in [1.54, 1.807) is 29.3 Å². The molecule has 0 saturated heterocycles. The zero-order valence-electron chi connectivity index (χ0n) is 15.7. The van der Waals surface area contributed by atoms with Gasteiger partial charge in [0.15, 0.2) is 17.9 Å². The molecule has 0 unspecified atom stereocenters. The van der Waals surface area contributed by atoms with Gasteiger partial charge in [0.2, 0.25) is 0 Å². The predicted molar refractivity (Wildman–Crippen MR) is 111 cm³/mol. The number of nitrogens with zero attached hydrogens (tertiary/aromatic N) is 3. The summed E-state index contributed by atoms with van der Waals surface area (Å²) in [6.07, 6.45) is 4.60. The average Bonchev–Trinajstić information content (AvgIpc) is 3.56. The van der Waals surface area contributed by atoms with Crippen LogP contribution in [0.5, 0.6) is 0 Å². The highest BCUT2D eigenvalue weighted by molar-refractivity contribution is 6.04. The molecule has 0 aliphatic carbocycles. The van der Waals surface area contributed by atoms with Crippen molar-refractivity contribution in [3.63, 3.8) is 0 Å². The van der Waals surface area contributed by atoms with Gasteiger partial charge in [-0.25, -0.2) is 9.67 Å². The Balaban J connectivity index is 1.46. The van der Waals surface area contributed by atoms with E-state index in [-0.39, 0.29) is 5.91 Å². The highest BCUT2D eigenvalue weighted by atomic mass is 16.3. The van der Waals surface area contributed by atoms with Crippen molar-refractivity contribution in [2.75, 3.05) is 5.32 Å². The molecule has 146 valence electrons. The van der Waals surface area contributed by atoms with Crippen molar-refractivity contribution in [3.8, 4) is 28.5 Å². The third-order valence-electron chi connectivity index (χ3n) is 4.58. The van der Waals surface area contributed by atoms with Crippen molar-refractivity contribution in [3.05, 3.63) is 97.3 Å². The minimum atomic E-state index is -0.281. The molecule has 0 radical (unpaired) electrons. The number of benzene rings is 2. The van der Waals surface area contributed by atoms with Gasteiger partial charge in [0.25, 0.3) is 5.91 Å². The van der Waals surface area contributed by atoms with Gasteiger partial charge in [0, 0.05) is 17.3 Å². The molecule has 5 aromatic rings. The second kappa shape index (κ2) is 7.56. The quantitative estimate of drug-likeness (QED) is 0.450. The molecule has 2 aromatic carbocycles. The molecule has 0 saturated carbocycles. The monoisotopic (exact) mass is 396 g/mol. The van der Waals surface area contributed by atoms with E-state index < -0.39 is 0 Å². The lowest BCUT2D eigenvalue weighted by molar-refractivity contribution is 0.101. The van der Waals surface area contributed by atoms with Crippen LogP contribution in [0.3, 0.4) is 0 Å². The molecule has 0 aliphatic heterocycles. The van der Waals surface area contributed by atoms with Crippen LogP contribution in [0.25, 0.3) is 28.5 Å². The first kappa shape index (κ1) is 17.7. The van der Waals surface area contributed by atoms with Gasteiger partial charge in [-0.1, -0.05) is 18.2 Å². The topological polar surface area (TPSA) is 86.1 Å². The number of anilines is 1. The summed E-state index contributed by atoms with van der Waals surface area (Å²) in [4.78, 5) is 17.0. The molecule has 1 amide bonds. The third kappa shape index (κ3) is 3.40. The van der Waals surface area contributed by atoms with E-state index in [2.05, 4.69) is 15.4 Å². The van der Waals surface area contributed by atoms with Gasteiger partial charge < -0.3 is 14.2 Å². The Kier molecular flexibility index (Phi) is 4.46. The number of amides is 1. The van der Waals surface area contributed by atoms with Crippen LogP contribution in [0.1, 0.15) is 10.5 Å². The van der Waals surface area contributed by atoms with Crippen LogP contribution in [0.2, 0.25) is 0 Å². The zero-order valence-corrected chi connectivity index (χ0v) is 15.7. The number of nitrogens with one attached hydrogen (secondary N) is 1. The Bertz CT molecular complexity index is 1260. The maximum Gasteiger partial charge on any atom is 0.274 e. The molecule has 1 N–H and O–H groups in total. The molecule has 30 heavy (non-hydrogen) atoms. The number of furan rings is 1. The van der Waals surface area contributed by atoms with E-state index in [9.17, 15) is 4.79 Å². The first-order valence-corrected chi connectivity index (χ1v) is 9.27. The Labute approximate surface area is 171 Å². The van der Waals surface area contributed by atoms with Crippen molar-refractivity contribution in [2.24, 2.45) is 0 Å². The fraction of sp³-hybridized carbons (Fsp3) is 0. The summed E-state index contributed by atoms with van der Waals surface area (Å²) in [6.45, 7) is 0. The van der Waals surface area contributed by atoms with E-state index in [1.807, 2.05) is 60.7 Å². The predicted octanol–water partition coefficient (Wildman–Crippen LogP) is 5.04. The van der Waals surface area contributed by atoms with Crippen LogP contribution in [0, 0.1) is 0 Å². The van der Waals surface area contributed by atoms with Crippen molar-refractivity contribution in [1.82, 2.24) is 14.8 Å². The van der Waals surface area contributed by atoms with E-state index in [4.69, 9.17) is 8.83 Å². The SMILES string of the molecule is O=C(Nc1ccc(-c2cnco2)cc1)c1cc(-c2ccco2)nn1-c1ccccc1. The van der Waals surface area contributed by atoms with Crippen molar-refractivity contribution in [1.29, 1.82) is 0 Å². The number of oxazole rings is 1. The van der Waals surface area contributed by atoms with E-state index in [0.29, 0.717) is 28.6 Å². The van der Waals surface area contributed by atoms with Crippen LogP contribution >= 0.6 is 0 Å². The molecule has 3 heterocycles. The summed E-state index contributed by atoms with van der Waals surface area (Å²) in [5.74, 6) is 0.977. The number of hydrogen-bond acceptors (Lipinski definition) is 5. The Morgan fingerprint density at radius 2 is 1.73 bits per heavy atom. The third-order valence-corrected chi connectivity index (χ3v) is 4.58. The molecule has 7 nitrogen and oxygen atoms in total. The number of hydrogen-bond donors (Lipinski definition) is 1. The van der Waals surface area contributed by atoms with Crippen LogP contribution in [-0.4, -0.2) is 20.7 Å². The minimum Gasteiger partial charge on any atom is -0.463 e. The summed E-state index contributed by atoms with van der Waals surface area (Å²) in [5, 5.41) is 7.50. The number of para-hydroxylation sites is 1. The van der Waals surface area contributed by atoms with Crippen LogP contribution in [0.4, 0.5) is 5.69 Å². The summed E-state index contributed by atoms with van der Waals surface area (Å²) < 4.78 is 12.3. The Morgan fingerprint density at radius 1 is 0.900 bits per heavy atom. The zero-order chi connectivity index (χ0) is 20.3. The fourth-order valence-electron chi connectivity index (χ4n) is 3.12. The second-order valence-corrected chi connectivity index (χ2v) is 6.54. The molecule has 0 atom stereocenters. The number of carbonyl (C=O) groups is 1. The molecule has 5 rings (SSSR count). The Hall–Kier alpha value is -4.39. The van der Waals surface area contributed by atoms with Crippen molar-refractivity contribution in [2.45, 2.75) is 0 Å². The van der Waals surface area contributed by atoms with E-state index in [1.165, 1.54) is 6.39 Å². The lowest BCUT2D eigenvalue weighted by atomic mass is 10.1. The van der Waals surface area contributed by atoms with Gasteiger partial charge in [0.1, 0.15) is 11.4 Å². The van der Waals surface area contributed by atoms with Crippen molar-refractivity contribution < 1.29 is 13.6 Å². The maximum absolute atomic E-state index is 13.1. The molecule has 0 bridgehead atoms. The number of aromatic nitrogens is 3. The largest absolute Gasteiger partial charge is 0.463 e. The first-order chi connectivity index (χ1) is 14.8. The van der Waals surface area contributed by atoms with E-state index >= 15 is 0 Å². The van der Waals surface area contributed by atoms with Gasteiger partial charge >= 0.3 is 0 Å². The molecule has 0 aliphatic rings. The summed E-state index contributed by atoms with van der Waals surface area (Å²) in [5.41, 5.74) is 3.28. The molecule has 7 heteroatoms. The van der Waals surface area contributed by atoms with Gasteiger partial charge in [-0.15, -0.1) is 0 Å². The molecule has 0 fully saturated rings. The lowest BCUT2D eigenvalue weighted by Crippen LogP contribution is -2.16. The molecule has 0 spiro atoms. The highest BCUT2D eigenvalue weighted by Crippen LogP contribution is 2.24.